The van der Waals surface area contributed by atoms with Crippen LogP contribution in [0.25, 0.3) is 11.1 Å². The highest BCUT2D eigenvalue weighted by Crippen LogP contribution is 2.26. The van der Waals surface area contributed by atoms with Gasteiger partial charge in [0.05, 0.1) is 31.8 Å². The molecule has 3 aromatic rings. The zero-order valence-corrected chi connectivity index (χ0v) is 39.9. The maximum atomic E-state index is 13.7. The molecule has 1 N–H and O–H groups in total. The Morgan fingerprint density at radius 1 is 0.824 bits per heavy atom. The van der Waals surface area contributed by atoms with E-state index in [2.05, 4.69) is 22.0 Å². The predicted molar refractivity (Wildman–Crippen MR) is 258 cm³/mol. The number of aryl methyl sites for hydroxylation is 2. The van der Waals surface area contributed by atoms with Gasteiger partial charge in [-0.1, -0.05) is 38.6 Å². The molecule has 2 aromatic carbocycles. The summed E-state index contributed by atoms with van der Waals surface area (Å²) < 4.78 is 23.4. The van der Waals surface area contributed by atoms with Gasteiger partial charge in [0, 0.05) is 110 Å². The number of ether oxygens (including phenoxy) is 3. The molecular formula is C50H74N8O10. The van der Waals surface area contributed by atoms with E-state index in [1.165, 1.54) is 4.57 Å². The molecule has 374 valence electrons. The fraction of sp³-hybridized carbons (Fsp3) is 0.640. The largest absolute Gasteiger partial charge is 0.466 e. The minimum atomic E-state index is -1.02. The fourth-order valence-electron chi connectivity index (χ4n) is 9.61. The molecular weight excluding hydrogens is 873 g/mol. The van der Waals surface area contributed by atoms with Crippen LogP contribution in [-0.4, -0.2) is 181 Å². The summed E-state index contributed by atoms with van der Waals surface area (Å²) >= 11 is 0. The number of hydrogen-bond acceptors (Lipinski definition) is 12. The van der Waals surface area contributed by atoms with Crippen molar-refractivity contribution in [2.45, 2.75) is 91.2 Å². The number of hydrogen-bond donors (Lipinski definition) is 1. The number of likely N-dealkylation sites (tertiary alicyclic amines) is 2. The number of morpholine rings is 1. The van der Waals surface area contributed by atoms with Crippen LogP contribution in [0.5, 0.6) is 0 Å². The molecule has 0 bridgehead atoms. The van der Waals surface area contributed by atoms with E-state index in [1.807, 2.05) is 54.1 Å². The standard InChI is InChI=1S/C32H40N6O6.C17H30N2O4.CH4/c1-21-18-22(19-26-28(21)35(3)31(41)43-26)20-27(29(39)36-16-14-34(2)15-17-36)44-32(42)37-11-9-24(10-12-37)38-13-8-23-6-4-5-7-25(23)33-30(38)40;1-15-5-8-19(9-6-15)16(20)3-4-17(21)23-12-2-7-18-10-13-22-14-11-18;/h4-7,18-19,24,27H,8-17,20H2,1-3H3,(H,33,40);15H,2-14H2,1H3;1H4/t27-;;/m1../s1. The Labute approximate surface area is 400 Å². The van der Waals surface area contributed by atoms with Gasteiger partial charge in [-0.15, -0.1) is 0 Å². The Morgan fingerprint density at radius 3 is 2.24 bits per heavy atom. The molecule has 0 unspecified atom stereocenters. The fourth-order valence-corrected chi connectivity index (χ4v) is 9.61. The number of rotatable bonds is 12. The van der Waals surface area contributed by atoms with Crippen LogP contribution in [0.4, 0.5) is 15.3 Å². The summed E-state index contributed by atoms with van der Waals surface area (Å²) in [6, 6.07) is 11.4. The van der Waals surface area contributed by atoms with Crippen LogP contribution in [0.1, 0.15) is 76.0 Å². The third-order valence-corrected chi connectivity index (χ3v) is 13.9. The van der Waals surface area contributed by atoms with Crippen molar-refractivity contribution >= 4 is 46.7 Å². The van der Waals surface area contributed by atoms with Gasteiger partial charge in [-0.3, -0.25) is 23.9 Å². The highest BCUT2D eigenvalue weighted by atomic mass is 16.6. The molecule has 1 aromatic heterocycles. The van der Waals surface area contributed by atoms with Gasteiger partial charge in [0.25, 0.3) is 5.91 Å². The number of fused-ring (bicyclic) bond motifs is 2. The number of carbonyl (C=O) groups is 5. The molecule has 5 amide bonds. The minimum Gasteiger partial charge on any atom is -0.466 e. The number of urea groups is 1. The number of oxazole rings is 1. The lowest BCUT2D eigenvalue weighted by atomic mass is 9.99. The predicted octanol–water partition coefficient (Wildman–Crippen LogP) is 4.74. The summed E-state index contributed by atoms with van der Waals surface area (Å²) in [6.45, 7) is 14.7. The average Bonchev–Trinajstić information content (AvgIpc) is 3.51. The number of nitrogens with one attached hydrogen (secondary N) is 1. The van der Waals surface area contributed by atoms with E-state index in [1.54, 1.807) is 22.9 Å². The van der Waals surface area contributed by atoms with Crippen molar-refractivity contribution < 1.29 is 42.6 Å². The first kappa shape index (κ1) is 51.9. The van der Waals surface area contributed by atoms with Gasteiger partial charge in [-0.2, -0.15) is 0 Å². The molecule has 0 saturated carbocycles. The molecule has 18 heteroatoms. The Hall–Kier alpha value is -5.46. The van der Waals surface area contributed by atoms with Crippen molar-refractivity contribution in [3.05, 3.63) is 63.6 Å². The van der Waals surface area contributed by atoms with E-state index in [0.29, 0.717) is 69.2 Å². The number of benzene rings is 2. The van der Waals surface area contributed by atoms with Crippen LogP contribution in [0.2, 0.25) is 0 Å². The number of piperazine rings is 1. The molecule has 6 heterocycles. The van der Waals surface area contributed by atoms with Crippen molar-refractivity contribution in [3.63, 3.8) is 0 Å². The Morgan fingerprint density at radius 2 is 1.51 bits per heavy atom. The van der Waals surface area contributed by atoms with Crippen molar-refractivity contribution in [1.29, 1.82) is 0 Å². The van der Waals surface area contributed by atoms with Gasteiger partial charge < -0.3 is 48.4 Å². The van der Waals surface area contributed by atoms with Crippen molar-refractivity contribution in [1.82, 2.24) is 34.0 Å². The third-order valence-electron chi connectivity index (χ3n) is 13.9. The SMILES string of the molecule is C.CC1CCN(C(=O)CCC(=O)OCCCN2CCOCC2)CC1.Cc1cc(C[C@@H](OC(=O)N2CCC(N3CCc4ccccc4NC3=O)CC2)C(=O)N2CCN(C)CC2)cc2oc(=O)n(C)c12. The van der Waals surface area contributed by atoms with Crippen molar-refractivity contribution in [3.8, 4) is 0 Å². The molecule has 5 aliphatic rings. The summed E-state index contributed by atoms with van der Waals surface area (Å²) in [5, 5.41) is 3.03. The van der Waals surface area contributed by atoms with Crippen molar-refractivity contribution in [2.24, 2.45) is 13.0 Å². The number of nitrogens with zero attached hydrogens (tertiary/aromatic N) is 7. The highest BCUT2D eigenvalue weighted by Gasteiger charge is 2.35. The van der Waals surface area contributed by atoms with E-state index < -0.39 is 18.0 Å². The average molecular weight is 947 g/mol. The normalized spacial score (nSPS) is 19.2. The molecule has 68 heavy (non-hydrogen) atoms. The number of para-hydroxylation sites is 1. The molecule has 0 radical (unpaired) electrons. The smallest absolute Gasteiger partial charge is 0.419 e. The van der Waals surface area contributed by atoms with Gasteiger partial charge in [0.2, 0.25) is 5.91 Å². The van der Waals surface area contributed by atoms with Gasteiger partial charge in [-0.05, 0) is 87.2 Å². The Kier molecular flexibility index (Phi) is 18.9. The van der Waals surface area contributed by atoms with E-state index >= 15 is 0 Å². The van der Waals surface area contributed by atoms with Crippen LogP contribution in [0.15, 0.2) is 45.6 Å². The van der Waals surface area contributed by atoms with Crippen LogP contribution in [-0.2, 0) is 48.5 Å². The number of aromatic nitrogens is 1. The van der Waals surface area contributed by atoms with Crippen LogP contribution >= 0.6 is 0 Å². The second-order valence-electron chi connectivity index (χ2n) is 18.7. The van der Waals surface area contributed by atoms with E-state index in [4.69, 9.17) is 18.6 Å². The lowest BCUT2D eigenvalue weighted by Crippen LogP contribution is -2.53. The molecule has 5 aliphatic heterocycles. The Balaban J connectivity index is 0.000000269. The first-order valence-corrected chi connectivity index (χ1v) is 24.2. The molecule has 1 atom stereocenters. The van der Waals surface area contributed by atoms with Crippen LogP contribution in [0.3, 0.4) is 0 Å². The third kappa shape index (κ3) is 13.8. The quantitative estimate of drug-likeness (QED) is 0.195. The molecule has 18 nitrogen and oxygen atoms in total. The van der Waals surface area contributed by atoms with E-state index in [9.17, 15) is 28.8 Å². The van der Waals surface area contributed by atoms with Crippen molar-refractivity contribution in [2.75, 3.05) is 111 Å². The first-order chi connectivity index (χ1) is 32.3. The second-order valence-corrected chi connectivity index (χ2v) is 18.7. The maximum Gasteiger partial charge on any atom is 0.419 e. The number of likely N-dealkylation sites (N-methyl/N-ethyl adjacent to an activating group) is 1. The van der Waals surface area contributed by atoms with Gasteiger partial charge in [0.1, 0.15) is 0 Å². The number of anilines is 1. The molecule has 4 fully saturated rings. The van der Waals surface area contributed by atoms with Gasteiger partial charge in [0.15, 0.2) is 11.7 Å². The number of carbonyl (C=O) groups excluding carboxylic acids is 5. The van der Waals surface area contributed by atoms with Gasteiger partial charge >= 0.3 is 23.8 Å². The lowest BCUT2D eigenvalue weighted by molar-refractivity contribution is -0.146. The summed E-state index contributed by atoms with van der Waals surface area (Å²) in [7, 11) is 3.67. The summed E-state index contributed by atoms with van der Waals surface area (Å²) in [6.07, 6.45) is 4.07. The molecule has 4 saturated heterocycles. The summed E-state index contributed by atoms with van der Waals surface area (Å²) in [4.78, 5) is 87.8. The first-order valence-electron chi connectivity index (χ1n) is 24.2. The van der Waals surface area contributed by atoms with E-state index in [-0.39, 0.29) is 56.5 Å². The van der Waals surface area contributed by atoms with Gasteiger partial charge in [-0.25, -0.2) is 14.4 Å². The molecule has 0 aliphatic carbocycles. The summed E-state index contributed by atoms with van der Waals surface area (Å²) in [5.74, 6) is -0.153. The maximum absolute atomic E-state index is 13.7. The Bertz CT molecular complexity index is 2230. The minimum absolute atomic E-state index is 0. The molecule has 0 spiro atoms. The second kappa shape index (κ2) is 24.7. The number of esters is 1. The highest BCUT2D eigenvalue weighted by molar-refractivity contribution is 5.91. The van der Waals surface area contributed by atoms with Crippen LogP contribution in [0, 0.1) is 12.8 Å². The lowest BCUT2D eigenvalue weighted by Gasteiger charge is -2.38. The topological polar surface area (TPSA) is 180 Å². The number of piperidine rings is 2. The number of amides is 5. The zero-order valence-electron chi connectivity index (χ0n) is 39.9. The van der Waals surface area contributed by atoms with Crippen LogP contribution < -0.4 is 11.1 Å². The molecule has 8 rings (SSSR count). The monoisotopic (exact) mass is 947 g/mol. The summed E-state index contributed by atoms with van der Waals surface area (Å²) in [5.41, 5.74) is 4.68. The van der Waals surface area contributed by atoms with E-state index in [0.717, 1.165) is 107 Å². The zero-order chi connectivity index (χ0) is 47.5.